The number of hydrogen-bond acceptors (Lipinski definition) is 4. The maximum atomic E-state index is 12.6. The second-order valence-corrected chi connectivity index (χ2v) is 8.35. The first-order valence-electron chi connectivity index (χ1n) is 9.27. The Morgan fingerprint density at radius 3 is 2.54 bits per heavy atom. The highest BCUT2D eigenvalue weighted by atomic mass is 16.5. The Bertz CT molecular complexity index is 689. The Balaban J connectivity index is 1.61. The average molecular weight is 360 g/mol. The topological polar surface area (TPSA) is 78.9 Å². The molecule has 2 N–H and O–H groups in total. The van der Waals surface area contributed by atoms with E-state index in [1.165, 1.54) is 0 Å². The second kappa shape index (κ2) is 6.91. The fourth-order valence-corrected chi connectivity index (χ4v) is 3.82. The Kier molecular flexibility index (Phi) is 4.97. The quantitative estimate of drug-likeness (QED) is 0.791. The highest BCUT2D eigenvalue weighted by molar-refractivity contribution is 6.07. The number of carbonyl (C=O) groups is 2. The van der Waals surface area contributed by atoms with Gasteiger partial charge in [-0.2, -0.15) is 0 Å². The van der Waals surface area contributed by atoms with Crippen molar-refractivity contribution in [2.45, 2.75) is 63.5 Å². The Morgan fingerprint density at radius 1 is 1.23 bits per heavy atom. The molecule has 3 amide bonds. The Hall–Kier alpha value is -2.08. The predicted octanol–water partition coefficient (Wildman–Crippen LogP) is 2.59. The number of amides is 3. The molecule has 2 aliphatic rings. The number of urea groups is 1. The molecule has 1 spiro atoms. The number of β-amino-alcohol motifs (C(OH)–C–C–N with tert-alkyl or cyclic N) is 1. The van der Waals surface area contributed by atoms with Crippen LogP contribution in [0.2, 0.25) is 0 Å². The molecule has 3 rings (SSSR count). The molecule has 26 heavy (non-hydrogen) atoms. The van der Waals surface area contributed by atoms with Crippen molar-refractivity contribution in [3.8, 4) is 5.75 Å². The summed E-state index contributed by atoms with van der Waals surface area (Å²) < 4.78 is 5.80. The van der Waals surface area contributed by atoms with Crippen LogP contribution in [-0.2, 0) is 10.2 Å². The number of rotatable bonds is 5. The van der Waals surface area contributed by atoms with Crippen LogP contribution in [0.4, 0.5) is 4.79 Å². The van der Waals surface area contributed by atoms with Crippen molar-refractivity contribution in [3.05, 3.63) is 29.8 Å². The van der Waals surface area contributed by atoms with E-state index in [1.807, 2.05) is 24.3 Å². The fraction of sp³-hybridized carbons (Fsp3) is 0.600. The van der Waals surface area contributed by atoms with Gasteiger partial charge in [-0.15, -0.1) is 0 Å². The number of hydrogen-bond donors (Lipinski definition) is 2. The lowest BCUT2D eigenvalue weighted by Crippen LogP contribution is -2.45. The number of imide groups is 1. The second-order valence-electron chi connectivity index (χ2n) is 8.35. The van der Waals surface area contributed by atoms with Crippen molar-refractivity contribution in [1.29, 1.82) is 0 Å². The van der Waals surface area contributed by atoms with Gasteiger partial charge in [0.1, 0.15) is 24.0 Å². The van der Waals surface area contributed by atoms with E-state index >= 15 is 0 Å². The van der Waals surface area contributed by atoms with Crippen LogP contribution in [0.1, 0.15) is 52.0 Å². The van der Waals surface area contributed by atoms with Gasteiger partial charge in [-0.1, -0.05) is 51.8 Å². The normalized spacial score (nSPS) is 20.5. The highest BCUT2D eigenvalue weighted by Gasteiger charge is 2.52. The van der Waals surface area contributed by atoms with Crippen LogP contribution in [0.25, 0.3) is 0 Å². The summed E-state index contributed by atoms with van der Waals surface area (Å²) in [5, 5.41) is 13.2. The number of aliphatic hydroxyl groups excluding tert-OH is 1. The van der Waals surface area contributed by atoms with E-state index in [0.29, 0.717) is 18.6 Å². The number of nitrogens with zero attached hydrogens (tertiary/aromatic N) is 1. The first kappa shape index (κ1) is 18.7. The number of carbonyl (C=O) groups excluding carboxylic acids is 2. The molecular formula is C20H28N2O4. The van der Waals surface area contributed by atoms with Gasteiger partial charge < -0.3 is 15.2 Å². The summed E-state index contributed by atoms with van der Waals surface area (Å²) in [4.78, 5) is 25.9. The summed E-state index contributed by atoms with van der Waals surface area (Å²) in [6.07, 6.45) is 2.30. The minimum atomic E-state index is -0.936. The molecule has 0 bridgehead atoms. The van der Waals surface area contributed by atoms with E-state index in [9.17, 15) is 14.7 Å². The summed E-state index contributed by atoms with van der Waals surface area (Å²) in [6, 6.07) is 7.31. The fourth-order valence-electron chi connectivity index (χ4n) is 3.82. The Labute approximate surface area is 154 Å². The average Bonchev–Trinajstić information content (AvgIpc) is 3.13. The Morgan fingerprint density at radius 2 is 1.88 bits per heavy atom. The largest absolute Gasteiger partial charge is 0.491 e. The molecule has 1 unspecified atom stereocenters. The van der Waals surface area contributed by atoms with Crippen LogP contribution in [0.5, 0.6) is 5.75 Å². The maximum Gasteiger partial charge on any atom is 0.325 e. The van der Waals surface area contributed by atoms with Gasteiger partial charge in [-0.3, -0.25) is 9.69 Å². The van der Waals surface area contributed by atoms with Crippen molar-refractivity contribution in [3.63, 3.8) is 0 Å². The summed E-state index contributed by atoms with van der Waals surface area (Å²) in [6.45, 7) is 6.26. The molecule has 142 valence electrons. The number of para-hydroxylation sites is 1. The lowest BCUT2D eigenvalue weighted by molar-refractivity contribution is -0.132. The molecule has 0 aromatic heterocycles. The smallest absolute Gasteiger partial charge is 0.325 e. The minimum absolute atomic E-state index is 0.0250. The van der Waals surface area contributed by atoms with Gasteiger partial charge >= 0.3 is 6.03 Å². The number of benzene rings is 1. The van der Waals surface area contributed by atoms with E-state index < -0.39 is 17.7 Å². The van der Waals surface area contributed by atoms with Crippen LogP contribution in [0.3, 0.4) is 0 Å². The molecular weight excluding hydrogens is 332 g/mol. The van der Waals surface area contributed by atoms with Crippen LogP contribution >= 0.6 is 0 Å². The monoisotopic (exact) mass is 360 g/mol. The van der Waals surface area contributed by atoms with Crippen molar-refractivity contribution in [2.75, 3.05) is 13.2 Å². The van der Waals surface area contributed by atoms with Gasteiger partial charge in [-0.05, 0) is 29.9 Å². The summed E-state index contributed by atoms with van der Waals surface area (Å²) in [5.74, 6) is 0.498. The molecule has 1 aromatic rings. The van der Waals surface area contributed by atoms with Crippen molar-refractivity contribution < 1.29 is 19.4 Å². The summed E-state index contributed by atoms with van der Waals surface area (Å²) in [5.41, 5.74) is 0.227. The van der Waals surface area contributed by atoms with Gasteiger partial charge in [0.2, 0.25) is 0 Å². The van der Waals surface area contributed by atoms with Crippen molar-refractivity contribution >= 4 is 11.9 Å². The van der Waals surface area contributed by atoms with Crippen LogP contribution < -0.4 is 10.1 Å². The van der Waals surface area contributed by atoms with Crippen LogP contribution in [0, 0.1) is 0 Å². The van der Waals surface area contributed by atoms with Crippen LogP contribution in [0.15, 0.2) is 24.3 Å². The standard InChI is InChI=1S/C20H28N2O4/c1-19(2,3)15-8-4-5-9-16(15)26-13-14(23)12-22-17(24)20(21-18(22)25)10-6-7-11-20/h4-5,8-9,14,23H,6-7,10-13H2,1-3H3,(H,21,25). The first-order valence-corrected chi connectivity index (χ1v) is 9.27. The molecule has 1 saturated heterocycles. The highest BCUT2D eigenvalue weighted by Crippen LogP contribution is 2.35. The molecule has 6 nitrogen and oxygen atoms in total. The third kappa shape index (κ3) is 3.56. The first-order chi connectivity index (χ1) is 12.2. The lowest BCUT2D eigenvalue weighted by atomic mass is 9.86. The SMILES string of the molecule is CC(C)(C)c1ccccc1OCC(O)CN1C(=O)NC2(CCCC2)C1=O. The van der Waals surface area contributed by atoms with E-state index in [0.717, 1.165) is 23.3 Å². The lowest BCUT2D eigenvalue weighted by Gasteiger charge is -2.24. The third-order valence-electron chi connectivity index (χ3n) is 5.22. The van der Waals surface area contributed by atoms with Gasteiger partial charge in [0, 0.05) is 0 Å². The minimum Gasteiger partial charge on any atom is -0.491 e. The number of aliphatic hydroxyl groups is 1. The van der Waals surface area contributed by atoms with Crippen LogP contribution in [-0.4, -0.2) is 46.7 Å². The molecule has 1 aliphatic heterocycles. The zero-order chi connectivity index (χ0) is 18.9. The third-order valence-corrected chi connectivity index (χ3v) is 5.22. The van der Waals surface area contributed by atoms with Gasteiger partial charge in [0.25, 0.3) is 5.91 Å². The van der Waals surface area contributed by atoms with Gasteiger partial charge in [0.15, 0.2) is 0 Å². The number of ether oxygens (including phenoxy) is 1. The maximum absolute atomic E-state index is 12.6. The molecule has 0 radical (unpaired) electrons. The molecule has 2 fully saturated rings. The molecule has 1 aromatic carbocycles. The molecule has 1 atom stereocenters. The van der Waals surface area contributed by atoms with Gasteiger partial charge in [-0.25, -0.2) is 4.79 Å². The number of nitrogens with one attached hydrogen (secondary N) is 1. The van der Waals surface area contributed by atoms with Crippen molar-refractivity contribution in [1.82, 2.24) is 10.2 Å². The molecule has 1 saturated carbocycles. The predicted molar refractivity (Wildman–Crippen MR) is 98.1 cm³/mol. The molecule has 1 aliphatic carbocycles. The van der Waals surface area contributed by atoms with E-state index in [-0.39, 0.29) is 24.5 Å². The molecule has 1 heterocycles. The van der Waals surface area contributed by atoms with Crippen molar-refractivity contribution in [2.24, 2.45) is 0 Å². The van der Waals surface area contributed by atoms with E-state index in [1.54, 1.807) is 0 Å². The molecule has 6 heteroatoms. The van der Waals surface area contributed by atoms with E-state index in [2.05, 4.69) is 26.1 Å². The van der Waals surface area contributed by atoms with Gasteiger partial charge in [0.05, 0.1) is 6.54 Å². The van der Waals surface area contributed by atoms with E-state index in [4.69, 9.17) is 4.74 Å². The summed E-state index contributed by atoms with van der Waals surface area (Å²) in [7, 11) is 0. The zero-order valence-corrected chi connectivity index (χ0v) is 15.7. The zero-order valence-electron chi connectivity index (χ0n) is 15.7. The summed E-state index contributed by atoms with van der Waals surface area (Å²) >= 11 is 0.